The molecule has 0 fully saturated rings. The second-order valence-corrected chi connectivity index (χ2v) is 15.1. The molecule has 196 valence electrons. The molecule has 0 radical (unpaired) electrons. The topological polar surface area (TPSA) is 0 Å². The zero-order valence-electron chi connectivity index (χ0n) is 22.2. The molecule has 42 heavy (non-hydrogen) atoms. The van der Waals surface area contributed by atoms with Crippen molar-refractivity contribution in [2.75, 3.05) is 0 Å². The molecule has 4 heteroatoms. The third-order valence-electron chi connectivity index (χ3n) is 8.45. The van der Waals surface area contributed by atoms with E-state index >= 15 is 0 Å². The second kappa shape index (κ2) is 8.73. The highest BCUT2D eigenvalue weighted by molar-refractivity contribution is 7.37. The molecule has 4 aromatic heterocycles. The summed E-state index contributed by atoms with van der Waals surface area (Å²) in [6.45, 7) is 0. The standard InChI is InChI=1S/C38H20S4/c1-3-7-21(8-4-1)23-11-13-27-31(17-23)39-37-29-15-25-20-34-30(16-26(25)19-33(29)41-35(27)37)38-36(42-34)28-14-12-24(18-32(28)40-38)22-9-5-2-6-10-22/h1-20H. The Morgan fingerprint density at radius 3 is 1.10 bits per heavy atom. The number of benzene rings is 6. The third-order valence-corrected chi connectivity index (χ3v) is 13.5. The number of fused-ring (bicyclic) bond motifs is 11. The van der Waals surface area contributed by atoms with Gasteiger partial charge >= 0.3 is 0 Å². The molecule has 0 saturated carbocycles. The maximum atomic E-state index is 2.44. The van der Waals surface area contributed by atoms with Gasteiger partial charge in [0.15, 0.2) is 0 Å². The van der Waals surface area contributed by atoms with Crippen LogP contribution in [0.4, 0.5) is 0 Å². The summed E-state index contributed by atoms with van der Waals surface area (Å²) in [6, 6.07) is 45.0. The van der Waals surface area contributed by atoms with Crippen molar-refractivity contribution in [3.05, 3.63) is 121 Å². The molecular weight excluding hydrogens is 585 g/mol. The van der Waals surface area contributed by atoms with Crippen LogP contribution in [0.2, 0.25) is 0 Å². The van der Waals surface area contributed by atoms with E-state index < -0.39 is 0 Å². The molecule has 0 aliphatic rings. The van der Waals surface area contributed by atoms with Crippen LogP contribution < -0.4 is 0 Å². The molecule has 0 N–H and O–H groups in total. The lowest BCUT2D eigenvalue weighted by Gasteiger charge is -2.02. The van der Waals surface area contributed by atoms with Crippen LogP contribution in [0, 0.1) is 0 Å². The largest absolute Gasteiger partial charge is 0.134 e. The molecule has 10 rings (SSSR count). The predicted molar refractivity (Wildman–Crippen MR) is 191 cm³/mol. The molecule has 4 heterocycles. The van der Waals surface area contributed by atoms with E-state index in [1.54, 1.807) is 0 Å². The van der Waals surface area contributed by atoms with Gasteiger partial charge < -0.3 is 0 Å². The van der Waals surface area contributed by atoms with Gasteiger partial charge in [-0.15, -0.1) is 45.3 Å². The quantitative estimate of drug-likeness (QED) is 0.184. The highest BCUT2D eigenvalue weighted by Crippen LogP contribution is 2.49. The van der Waals surface area contributed by atoms with Crippen LogP contribution in [0.5, 0.6) is 0 Å². The van der Waals surface area contributed by atoms with Crippen LogP contribution in [0.3, 0.4) is 0 Å². The summed E-state index contributed by atoms with van der Waals surface area (Å²) in [4.78, 5) is 0. The minimum absolute atomic E-state index is 1.27. The molecule has 0 saturated heterocycles. The molecule has 0 spiro atoms. The first kappa shape index (κ1) is 23.5. The van der Waals surface area contributed by atoms with Crippen LogP contribution in [0.15, 0.2) is 121 Å². The lowest BCUT2D eigenvalue weighted by atomic mass is 10.0. The highest BCUT2D eigenvalue weighted by Gasteiger charge is 2.17. The summed E-state index contributed by atoms with van der Waals surface area (Å²) in [7, 11) is 0. The molecule has 6 aromatic carbocycles. The molecule has 0 nitrogen and oxygen atoms in total. The first-order valence-electron chi connectivity index (χ1n) is 14.0. The van der Waals surface area contributed by atoms with E-state index in [2.05, 4.69) is 121 Å². The number of hydrogen-bond donors (Lipinski definition) is 0. The fourth-order valence-corrected chi connectivity index (χ4v) is 11.8. The van der Waals surface area contributed by atoms with Crippen molar-refractivity contribution in [2.24, 2.45) is 0 Å². The summed E-state index contributed by atoms with van der Waals surface area (Å²) in [5.74, 6) is 0. The van der Waals surface area contributed by atoms with E-state index in [0.717, 1.165) is 0 Å². The van der Waals surface area contributed by atoms with Gasteiger partial charge in [-0.2, -0.15) is 0 Å². The highest BCUT2D eigenvalue weighted by atomic mass is 32.1. The summed E-state index contributed by atoms with van der Waals surface area (Å²) >= 11 is 7.77. The molecule has 0 atom stereocenters. The Balaban J connectivity index is 1.14. The van der Waals surface area contributed by atoms with Crippen molar-refractivity contribution in [1.82, 2.24) is 0 Å². The average molecular weight is 605 g/mol. The van der Waals surface area contributed by atoms with E-state index in [4.69, 9.17) is 0 Å². The SMILES string of the molecule is c1ccc(-c2ccc3c(c2)sc2c4cc5cc6sc7c8ccc(-c9ccccc9)cc8sc7c6cc5cc4sc32)cc1. The van der Waals surface area contributed by atoms with E-state index in [0.29, 0.717) is 0 Å². The molecular formula is C38H20S4. The van der Waals surface area contributed by atoms with Gasteiger partial charge in [-0.3, -0.25) is 0 Å². The van der Waals surface area contributed by atoms with Crippen molar-refractivity contribution in [2.45, 2.75) is 0 Å². The lowest BCUT2D eigenvalue weighted by Crippen LogP contribution is -1.75. The van der Waals surface area contributed by atoms with Crippen LogP contribution in [0.25, 0.3) is 92.2 Å². The van der Waals surface area contributed by atoms with Gasteiger partial charge in [-0.05, 0) is 69.4 Å². The van der Waals surface area contributed by atoms with Crippen molar-refractivity contribution < 1.29 is 0 Å². The van der Waals surface area contributed by atoms with E-state index in [9.17, 15) is 0 Å². The summed E-state index contributed by atoms with van der Waals surface area (Å²) in [5.41, 5.74) is 5.12. The van der Waals surface area contributed by atoms with Gasteiger partial charge in [0, 0.05) is 40.3 Å². The fourth-order valence-electron chi connectivity index (χ4n) is 6.38. The van der Waals surface area contributed by atoms with Crippen molar-refractivity contribution in [3.63, 3.8) is 0 Å². The van der Waals surface area contributed by atoms with Gasteiger partial charge in [-0.25, -0.2) is 0 Å². The molecule has 0 amide bonds. The van der Waals surface area contributed by atoms with Gasteiger partial charge in [0.25, 0.3) is 0 Å². The van der Waals surface area contributed by atoms with E-state index in [1.807, 2.05) is 45.3 Å². The maximum absolute atomic E-state index is 2.44. The Kier molecular flexibility index (Phi) is 4.88. The molecule has 0 bridgehead atoms. The Hall–Kier alpha value is -4.06. The summed E-state index contributed by atoms with van der Waals surface area (Å²) in [6.07, 6.45) is 0. The normalized spacial score (nSPS) is 12.3. The maximum Gasteiger partial charge on any atom is 0.0542 e. The van der Waals surface area contributed by atoms with Gasteiger partial charge in [0.05, 0.1) is 18.8 Å². The van der Waals surface area contributed by atoms with Crippen molar-refractivity contribution in [3.8, 4) is 22.3 Å². The molecule has 0 unspecified atom stereocenters. The minimum Gasteiger partial charge on any atom is -0.134 e. The Labute approximate surface area is 257 Å². The van der Waals surface area contributed by atoms with Gasteiger partial charge in [0.1, 0.15) is 0 Å². The van der Waals surface area contributed by atoms with Crippen LogP contribution in [-0.2, 0) is 0 Å². The lowest BCUT2D eigenvalue weighted by molar-refractivity contribution is 1.66. The monoisotopic (exact) mass is 604 g/mol. The zero-order chi connectivity index (χ0) is 27.4. The molecule has 0 aliphatic heterocycles. The number of hydrogen-bond acceptors (Lipinski definition) is 4. The van der Waals surface area contributed by atoms with E-state index in [-0.39, 0.29) is 0 Å². The number of rotatable bonds is 2. The van der Waals surface area contributed by atoms with Gasteiger partial charge in [0.2, 0.25) is 0 Å². The summed E-state index contributed by atoms with van der Waals surface area (Å²) in [5, 5.41) is 8.21. The average Bonchev–Trinajstić information content (AvgIpc) is 3.77. The Bertz CT molecular complexity index is 2480. The van der Waals surface area contributed by atoms with Gasteiger partial charge in [-0.1, -0.05) is 84.9 Å². The van der Waals surface area contributed by atoms with E-state index in [1.165, 1.54) is 92.2 Å². The zero-order valence-corrected chi connectivity index (χ0v) is 25.4. The first-order chi connectivity index (χ1) is 20.8. The number of thiophene rings is 4. The van der Waals surface area contributed by atoms with Crippen LogP contribution in [0.1, 0.15) is 0 Å². The van der Waals surface area contributed by atoms with Crippen molar-refractivity contribution in [1.29, 1.82) is 0 Å². The molecule has 10 aromatic rings. The smallest absolute Gasteiger partial charge is 0.0542 e. The molecule has 0 aliphatic carbocycles. The fraction of sp³-hybridized carbons (Fsp3) is 0. The second-order valence-electron chi connectivity index (χ2n) is 10.9. The van der Waals surface area contributed by atoms with Crippen LogP contribution in [-0.4, -0.2) is 0 Å². The predicted octanol–water partition coefficient (Wildman–Crippen LogP) is 13.3. The third kappa shape index (κ3) is 3.38. The first-order valence-corrected chi connectivity index (χ1v) is 17.3. The Morgan fingerprint density at radius 1 is 0.286 bits per heavy atom. The summed E-state index contributed by atoms with van der Waals surface area (Å²) < 4.78 is 11.2. The van der Waals surface area contributed by atoms with Crippen molar-refractivity contribution >= 4 is 115 Å². The minimum atomic E-state index is 1.27. The van der Waals surface area contributed by atoms with Crippen LogP contribution >= 0.6 is 45.3 Å². The Morgan fingerprint density at radius 2 is 0.667 bits per heavy atom.